The minimum atomic E-state index is -0.584. The van der Waals surface area contributed by atoms with Gasteiger partial charge in [-0.1, -0.05) is 0 Å². The van der Waals surface area contributed by atoms with Crippen LogP contribution in [0.4, 0.5) is 5.69 Å². The highest BCUT2D eigenvalue weighted by atomic mass is 16.5. The number of aliphatic hydroxyl groups is 1. The Kier molecular flexibility index (Phi) is 4.70. The molecule has 2 aromatic rings. The molecule has 0 atom stereocenters. The third-order valence-corrected chi connectivity index (χ3v) is 3.71. The molecule has 0 bridgehead atoms. The van der Waals surface area contributed by atoms with Crippen LogP contribution in [-0.2, 0) is 14.3 Å². The van der Waals surface area contributed by atoms with E-state index in [2.05, 4.69) is 25.9 Å². The molecule has 25 heavy (non-hydrogen) atoms. The van der Waals surface area contributed by atoms with Crippen LogP contribution in [0.3, 0.4) is 0 Å². The molecule has 1 aliphatic heterocycles. The Balaban J connectivity index is 1.83. The summed E-state index contributed by atoms with van der Waals surface area (Å²) in [6.07, 6.45) is 0. The molecule has 10 nitrogen and oxygen atoms in total. The normalized spacial score (nSPS) is 14.2. The molecular formula is C15H16N6O4. The zero-order valence-electron chi connectivity index (χ0n) is 13.4. The van der Waals surface area contributed by atoms with Crippen LogP contribution in [0.1, 0.15) is 0 Å². The van der Waals surface area contributed by atoms with Gasteiger partial charge in [-0.15, -0.1) is 10.2 Å². The number of methoxy groups -OCH3 is 1. The summed E-state index contributed by atoms with van der Waals surface area (Å²) in [6, 6.07) is 6.98. The number of amides is 1. The van der Waals surface area contributed by atoms with Crippen molar-refractivity contribution in [3.8, 4) is 11.4 Å². The van der Waals surface area contributed by atoms with Gasteiger partial charge in [-0.25, -0.2) is 4.79 Å². The molecule has 0 fully saturated rings. The van der Waals surface area contributed by atoms with Gasteiger partial charge in [-0.2, -0.15) is 5.21 Å². The standard InChI is InChI=1S/C15H16N6O4/c1-25-15(24)11-8-21(6-7-22)14(23)12(11)16-10-4-2-9(3-5-10)13-17-19-20-18-13/h2-5,16,22H,6-8H2,1H3,(H,17,18,19,20). The van der Waals surface area contributed by atoms with Gasteiger partial charge in [0.1, 0.15) is 5.70 Å². The van der Waals surface area contributed by atoms with Gasteiger partial charge in [-0.05, 0) is 29.5 Å². The summed E-state index contributed by atoms with van der Waals surface area (Å²) in [6.45, 7) is 0.0451. The number of aromatic amines is 1. The maximum Gasteiger partial charge on any atom is 0.337 e. The number of aliphatic hydroxyl groups excluding tert-OH is 1. The van der Waals surface area contributed by atoms with Crippen molar-refractivity contribution in [2.45, 2.75) is 0 Å². The number of nitrogens with one attached hydrogen (secondary N) is 2. The van der Waals surface area contributed by atoms with Gasteiger partial charge >= 0.3 is 5.97 Å². The van der Waals surface area contributed by atoms with Crippen molar-refractivity contribution >= 4 is 17.6 Å². The number of H-pyrrole nitrogens is 1. The Bertz CT molecular complexity index is 800. The average molecular weight is 344 g/mol. The topological polar surface area (TPSA) is 133 Å². The van der Waals surface area contributed by atoms with E-state index in [1.165, 1.54) is 12.0 Å². The highest BCUT2D eigenvalue weighted by Crippen LogP contribution is 2.24. The van der Waals surface area contributed by atoms with Crippen molar-refractivity contribution < 1.29 is 19.4 Å². The number of ether oxygens (including phenoxy) is 1. The fourth-order valence-corrected chi connectivity index (χ4v) is 2.48. The highest BCUT2D eigenvalue weighted by Gasteiger charge is 2.34. The predicted octanol–water partition coefficient (Wildman–Crippen LogP) is -0.460. The molecule has 10 heteroatoms. The molecule has 2 heterocycles. The number of anilines is 1. The van der Waals surface area contributed by atoms with Crippen LogP contribution < -0.4 is 5.32 Å². The van der Waals surface area contributed by atoms with Crippen molar-refractivity contribution in [1.82, 2.24) is 25.5 Å². The van der Waals surface area contributed by atoms with Crippen molar-refractivity contribution in [3.63, 3.8) is 0 Å². The summed E-state index contributed by atoms with van der Waals surface area (Å²) in [5.41, 5.74) is 1.74. The molecule has 0 saturated heterocycles. The summed E-state index contributed by atoms with van der Waals surface area (Å²) in [5, 5.41) is 25.7. The number of carbonyl (C=O) groups is 2. The van der Waals surface area contributed by atoms with E-state index in [1.807, 2.05) is 0 Å². The second-order valence-corrected chi connectivity index (χ2v) is 5.23. The first kappa shape index (κ1) is 16.6. The highest BCUT2D eigenvalue weighted by molar-refractivity contribution is 6.08. The Morgan fingerprint density at radius 2 is 2.16 bits per heavy atom. The predicted molar refractivity (Wildman–Crippen MR) is 85.9 cm³/mol. The van der Waals surface area contributed by atoms with Crippen LogP contribution in [-0.4, -0.2) is 69.3 Å². The third kappa shape index (κ3) is 3.33. The number of rotatable bonds is 6. The van der Waals surface area contributed by atoms with Crippen LogP contribution in [0.15, 0.2) is 35.5 Å². The van der Waals surface area contributed by atoms with E-state index in [1.54, 1.807) is 24.3 Å². The zero-order chi connectivity index (χ0) is 17.8. The number of hydrogen-bond acceptors (Lipinski definition) is 8. The second kappa shape index (κ2) is 7.09. The molecule has 0 saturated carbocycles. The fraction of sp³-hybridized carbons (Fsp3) is 0.267. The first-order valence-electron chi connectivity index (χ1n) is 7.46. The van der Waals surface area contributed by atoms with Crippen LogP contribution in [0.25, 0.3) is 11.4 Å². The van der Waals surface area contributed by atoms with Gasteiger partial charge in [0, 0.05) is 17.8 Å². The van der Waals surface area contributed by atoms with Gasteiger partial charge in [0.25, 0.3) is 5.91 Å². The lowest BCUT2D eigenvalue weighted by atomic mass is 10.2. The monoisotopic (exact) mass is 344 g/mol. The number of nitrogens with zero attached hydrogens (tertiary/aromatic N) is 4. The van der Waals surface area contributed by atoms with E-state index < -0.39 is 5.97 Å². The SMILES string of the molecule is COC(=O)C1=C(Nc2ccc(-c3nn[nH]n3)cc2)C(=O)N(CCO)C1. The summed E-state index contributed by atoms with van der Waals surface area (Å²) < 4.78 is 4.74. The number of benzene rings is 1. The molecule has 0 unspecified atom stereocenters. The molecule has 130 valence electrons. The van der Waals surface area contributed by atoms with Gasteiger partial charge in [0.15, 0.2) is 0 Å². The summed E-state index contributed by atoms with van der Waals surface area (Å²) in [7, 11) is 1.26. The molecular weight excluding hydrogens is 328 g/mol. The molecule has 0 spiro atoms. The Morgan fingerprint density at radius 3 is 2.76 bits per heavy atom. The Hall–Kier alpha value is -3.27. The van der Waals surface area contributed by atoms with E-state index in [4.69, 9.17) is 9.84 Å². The maximum absolute atomic E-state index is 12.4. The van der Waals surface area contributed by atoms with Gasteiger partial charge in [-0.3, -0.25) is 4.79 Å². The fourth-order valence-electron chi connectivity index (χ4n) is 2.48. The average Bonchev–Trinajstić information content (AvgIpc) is 3.26. The quantitative estimate of drug-likeness (QED) is 0.600. The largest absolute Gasteiger partial charge is 0.466 e. The molecule has 1 amide bonds. The van der Waals surface area contributed by atoms with Crippen LogP contribution in [0.2, 0.25) is 0 Å². The van der Waals surface area contributed by atoms with Crippen molar-refractivity contribution in [2.75, 3.05) is 32.1 Å². The minimum Gasteiger partial charge on any atom is -0.466 e. The summed E-state index contributed by atoms with van der Waals surface area (Å²) >= 11 is 0. The number of aromatic nitrogens is 4. The first-order valence-corrected chi connectivity index (χ1v) is 7.46. The maximum atomic E-state index is 12.4. The molecule has 0 radical (unpaired) electrons. The second-order valence-electron chi connectivity index (χ2n) is 5.23. The Morgan fingerprint density at radius 1 is 1.40 bits per heavy atom. The van der Waals surface area contributed by atoms with Gasteiger partial charge in [0.05, 0.1) is 25.8 Å². The first-order chi connectivity index (χ1) is 12.1. The lowest BCUT2D eigenvalue weighted by molar-refractivity contribution is -0.136. The van der Waals surface area contributed by atoms with Crippen LogP contribution >= 0.6 is 0 Å². The molecule has 1 aliphatic rings. The van der Waals surface area contributed by atoms with Gasteiger partial charge in [0.2, 0.25) is 5.82 Å². The van der Waals surface area contributed by atoms with Crippen molar-refractivity contribution in [2.24, 2.45) is 0 Å². The summed E-state index contributed by atoms with van der Waals surface area (Å²) in [4.78, 5) is 25.7. The van der Waals surface area contributed by atoms with E-state index in [9.17, 15) is 9.59 Å². The third-order valence-electron chi connectivity index (χ3n) is 3.71. The number of β-amino-alcohol motifs (C(OH)–C–C–N with tert-alkyl or cyclic N) is 1. The number of hydrogen-bond donors (Lipinski definition) is 3. The van der Waals surface area contributed by atoms with E-state index in [0.717, 1.165) is 5.56 Å². The molecule has 1 aromatic heterocycles. The number of carbonyl (C=O) groups excluding carboxylic acids is 2. The lowest BCUT2D eigenvalue weighted by Gasteiger charge is -2.15. The molecule has 3 rings (SSSR count). The zero-order valence-corrected chi connectivity index (χ0v) is 13.4. The number of esters is 1. The smallest absolute Gasteiger partial charge is 0.337 e. The van der Waals surface area contributed by atoms with E-state index in [-0.39, 0.29) is 36.9 Å². The summed E-state index contributed by atoms with van der Waals surface area (Å²) in [5.74, 6) is -0.497. The lowest BCUT2D eigenvalue weighted by Crippen LogP contribution is -2.31. The van der Waals surface area contributed by atoms with E-state index in [0.29, 0.717) is 11.5 Å². The minimum absolute atomic E-state index is 0.0926. The molecule has 1 aromatic carbocycles. The molecule has 0 aliphatic carbocycles. The van der Waals surface area contributed by atoms with E-state index >= 15 is 0 Å². The number of tetrazole rings is 1. The van der Waals surface area contributed by atoms with Gasteiger partial charge < -0.3 is 20.1 Å². The molecule has 3 N–H and O–H groups in total. The van der Waals surface area contributed by atoms with Crippen LogP contribution in [0, 0.1) is 0 Å². The van der Waals surface area contributed by atoms with Crippen molar-refractivity contribution in [1.29, 1.82) is 0 Å². The Labute approximate surface area is 142 Å². The van der Waals surface area contributed by atoms with Crippen LogP contribution in [0.5, 0.6) is 0 Å². The van der Waals surface area contributed by atoms with Crippen molar-refractivity contribution in [3.05, 3.63) is 35.5 Å².